The molecule has 2 saturated carbocycles. The topological polar surface area (TPSA) is 62.5 Å². The van der Waals surface area contributed by atoms with E-state index in [0.29, 0.717) is 23.0 Å². The Morgan fingerprint density at radius 1 is 0.531 bits per heavy atom. The standard InChI is InChI=1S/C45H40N4/c1-30-23-32-24-31(2)27-45(26-30,28-32)38-21-22-40(41(25-38)39-16-10-9-15-37(39)29-46)33-17-19-36(20-18-33)44-48-42(34-11-5-3-6-12-34)47-43(49-44)35-13-7-4-8-14-35/h3-22,25,30-32H,23-24,26-28H2,1-2H3/t30-,31+,32?,45?. The van der Waals surface area contributed by atoms with Crippen molar-refractivity contribution in [2.45, 2.75) is 51.4 Å². The number of hydrogen-bond donors (Lipinski definition) is 0. The summed E-state index contributed by atoms with van der Waals surface area (Å²) >= 11 is 0. The molecule has 4 atom stereocenters. The highest BCUT2D eigenvalue weighted by atomic mass is 15.0. The summed E-state index contributed by atoms with van der Waals surface area (Å²) in [7, 11) is 0. The van der Waals surface area contributed by atoms with Crippen LogP contribution in [0.2, 0.25) is 0 Å². The first-order chi connectivity index (χ1) is 24.0. The maximum atomic E-state index is 10.2. The predicted molar refractivity (Wildman–Crippen MR) is 198 cm³/mol. The van der Waals surface area contributed by atoms with Crippen LogP contribution in [0.1, 0.15) is 57.1 Å². The normalized spacial score (nSPS) is 21.5. The van der Waals surface area contributed by atoms with Crippen LogP contribution >= 0.6 is 0 Å². The summed E-state index contributed by atoms with van der Waals surface area (Å²) in [5.41, 5.74) is 9.51. The highest BCUT2D eigenvalue weighted by Gasteiger charge is 2.45. The second-order valence-corrected chi connectivity index (χ2v) is 14.5. The Morgan fingerprint density at radius 2 is 1.04 bits per heavy atom. The van der Waals surface area contributed by atoms with Gasteiger partial charge in [-0.05, 0) is 89.7 Å². The van der Waals surface area contributed by atoms with Gasteiger partial charge < -0.3 is 0 Å². The van der Waals surface area contributed by atoms with E-state index in [1.807, 2.05) is 78.9 Å². The average molecular weight is 637 g/mol. The third kappa shape index (κ3) is 6.07. The fourth-order valence-corrected chi connectivity index (χ4v) is 8.96. The fraction of sp³-hybridized carbons (Fsp3) is 0.244. The molecule has 5 aromatic carbocycles. The number of aromatic nitrogens is 3. The number of hydrogen-bond acceptors (Lipinski definition) is 4. The van der Waals surface area contributed by atoms with E-state index in [4.69, 9.17) is 15.0 Å². The summed E-state index contributed by atoms with van der Waals surface area (Å²) in [6, 6.07) is 46.3. The van der Waals surface area contributed by atoms with Crippen LogP contribution < -0.4 is 0 Å². The molecule has 0 radical (unpaired) electrons. The summed E-state index contributed by atoms with van der Waals surface area (Å²) < 4.78 is 0. The van der Waals surface area contributed by atoms with Gasteiger partial charge in [0.25, 0.3) is 0 Å². The van der Waals surface area contributed by atoms with E-state index < -0.39 is 0 Å². The lowest BCUT2D eigenvalue weighted by Gasteiger charge is -2.50. The Balaban J connectivity index is 1.22. The Labute approximate surface area is 289 Å². The van der Waals surface area contributed by atoms with Crippen LogP contribution in [-0.4, -0.2) is 15.0 Å². The first kappa shape index (κ1) is 30.9. The van der Waals surface area contributed by atoms with E-state index in [0.717, 1.165) is 56.7 Å². The molecule has 240 valence electrons. The minimum atomic E-state index is 0.199. The van der Waals surface area contributed by atoms with Crippen molar-refractivity contribution in [1.82, 2.24) is 15.0 Å². The second-order valence-electron chi connectivity index (χ2n) is 14.5. The molecule has 0 amide bonds. The average Bonchev–Trinajstić information content (AvgIpc) is 3.14. The van der Waals surface area contributed by atoms with Gasteiger partial charge in [0.2, 0.25) is 0 Å². The maximum absolute atomic E-state index is 10.2. The zero-order valence-corrected chi connectivity index (χ0v) is 28.2. The van der Waals surface area contributed by atoms with Gasteiger partial charge >= 0.3 is 0 Å². The van der Waals surface area contributed by atoms with Gasteiger partial charge in [-0.3, -0.25) is 0 Å². The highest BCUT2D eigenvalue weighted by Crippen LogP contribution is 2.55. The third-order valence-electron chi connectivity index (χ3n) is 10.8. The van der Waals surface area contributed by atoms with Crippen molar-refractivity contribution in [3.05, 3.63) is 139 Å². The molecule has 2 aliphatic carbocycles. The van der Waals surface area contributed by atoms with E-state index in [-0.39, 0.29) is 5.41 Å². The van der Waals surface area contributed by atoms with Crippen LogP contribution in [0.15, 0.2) is 127 Å². The second kappa shape index (κ2) is 12.9. The lowest BCUT2D eigenvalue weighted by molar-refractivity contribution is 0.0781. The molecule has 8 rings (SSSR count). The minimum absolute atomic E-state index is 0.199. The van der Waals surface area contributed by atoms with Gasteiger partial charge in [-0.2, -0.15) is 5.26 Å². The Morgan fingerprint density at radius 3 is 1.61 bits per heavy atom. The minimum Gasteiger partial charge on any atom is -0.208 e. The molecular formula is C45H40N4. The monoisotopic (exact) mass is 636 g/mol. The Bertz CT molecular complexity index is 2070. The largest absolute Gasteiger partial charge is 0.208 e. The molecular weight excluding hydrogens is 597 g/mol. The van der Waals surface area contributed by atoms with E-state index in [1.54, 1.807) is 0 Å². The van der Waals surface area contributed by atoms with E-state index in [2.05, 4.69) is 68.4 Å². The van der Waals surface area contributed by atoms with Gasteiger partial charge in [0.1, 0.15) is 0 Å². The summed E-state index contributed by atoms with van der Waals surface area (Å²) in [4.78, 5) is 14.7. The van der Waals surface area contributed by atoms with Gasteiger partial charge in [-0.25, -0.2) is 15.0 Å². The molecule has 0 spiro atoms. The van der Waals surface area contributed by atoms with E-state index in [1.165, 1.54) is 37.7 Å². The molecule has 1 aromatic heterocycles. The predicted octanol–water partition coefficient (Wildman–Crippen LogP) is 11.2. The van der Waals surface area contributed by atoms with Gasteiger partial charge in [0.15, 0.2) is 17.5 Å². The Kier molecular flexibility index (Phi) is 8.14. The van der Waals surface area contributed by atoms with E-state index in [9.17, 15) is 5.26 Å². The molecule has 0 aliphatic heterocycles. The zero-order chi connectivity index (χ0) is 33.4. The van der Waals surface area contributed by atoms with Gasteiger partial charge in [-0.1, -0.05) is 129 Å². The number of rotatable bonds is 6. The molecule has 2 unspecified atom stereocenters. The molecule has 2 fully saturated rings. The Hall–Kier alpha value is -5.40. The van der Waals surface area contributed by atoms with Crippen molar-refractivity contribution in [3.63, 3.8) is 0 Å². The molecule has 4 nitrogen and oxygen atoms in total. The fourth-order valence-electron chi connectivity index (χ4n) is 8.96. The van der Waals surface area contributed by atoms with Crippen LogP contribution in [0.4, 0.5) is 0 Å². The molecule has 2 aliphatic rings. The molecule has 49 heavy (non-hydrogen) atoms. The molecule has 1 heterocycles. The lowest BCUT2D eigenvalue weighted by atomic mass is 9.54. The van der Waals surface area contributed by atoms with Crippen LogP contribution in [0.3, 0.4) is 0 Å². The molecule has 2 bridgehead atoms. The summed E-state index contributed by atoms with van der Waals surface area (Å²) in [6.45, 7) is 4.88. The number of nitriles is 1. The summed E-state index contributed by atoms with van der Waals surface area (Å²) in [5.74, 6) is 4.19. The van der Waals surface area contributed by atoms with Crippen LogP contribution in [0.25, 0.3) is 56.4 Å². The van der Waals surface area contributed by atoms with Gasteiger partial charge in [0, 0.05) is 22.3 Å². The van der Waals surface area contributed by atoms with Crippen molar-refractivity contribution in [2.24, 2.45) is 17.8 Å². The highest BCUT2D eigenvalue weighted by molar-refractivity contribution is 5.87. The smallest absolute Gasteiger partial charge is 0.164 e. The van der Waals surface area contributed by atoms with Gasteiger partial charge in [-0.15, -0.1) is 0 Å². The van der Waals surface area contributed by atoms with E-state index >= 15 is 0 Å². The number of benzene rings is 5. The van der Waals surface area contributed by atoms with Crippen molar-refractivity contribution < 1.29 is 0 Å². The van der Waals surface area contributed by atoms with Crippen molar-refractivity contribution in [2.75, 3.05) is 0 Å². The number of fused-ring (bicyclic) bond motifs is 2. The quantitative estimate of drug-likeness (QED) is 0.182. The first-order valence-electron chi connectivity index (χ1n) is 17.6. The van der Waals surface area contributed by atoms with Crippen molar-refractivity contribution >= 4 is 0 Å². The lowest BCUT2D eigenvalue weighted by Crippen LogP contribution is -2.42. The summed E-state index contributed by atoms with van der Waals surface area (Å²) in [6.07, 6.45) is 6.45. The number of nitrogens with zero attached hydrogens (tertiary/aromatic N) is 4. The van der Waals surface area contributed by atoms with Crippen LogP contribution in [-0.2, 0) is 5.41 Å². The molecule has 4 heteroatoms. The molecule has 6 aromatic rings. The van der Waals surface area contributed by atoms with Crippen LogP contribution in [0, 0.1) is 29.1 Å². The first-order valence-corrected chi connectivity index (χ1v) is 17.6. The SMILES string of the molecule is C[C@@H]1CC2C[C@H](C)CC(c3ccc(-c4ccc(-c5nc(-c6ccccc6)nc(-c6ccccc6)n5)cc4)c(-c4ccccc4C#N)c3)(C2)C1. The van der Waals surface area contributed by atoms with Gasteiger partial charge in [0.05, 0.1) is 11.6 Å². The zero-order valence-electron chi connectivity index (χ0n) is 28.2. The van der Waals surface area contributed by atoms with Crippen molar-refractivity contribution in [3.8, 4) is 62.5 Å². The summed E-state index contributed by atoms with van der Waals surface area (Å²) in [5, 5.41) is 10.2. The molecule has 0 N–H and O–H groups in total. The molecule has 0 saturated heterocycles. The third-order valence-corrected chi connectivity index (χ3v) is 10.8. The van der Waals surface area contributed by atoms with Crippen LogP contribution in [0.5, 0.6) is 0 Å². The van der Waals surface area contributed by atoms with Crippen molar-refractivity contribution in [1.29, 1.82) is 5.26 Å². The maximum Gasteiger partial charge on any atom is 0.164 e.